The Bertz CT molecular complexity index is 479. The van der Waals surface area contributed by atoms with Crippen LogP contribution in [0.4, 0.5) is 0 Å². The third-order valence-electron chi connectivity index (χ3n) is 2.71. The predicted molar refractivity (Wildman–Crippen MR) is 64.7 cm³/mol. The van der Waals surface area contributed by atoms with Crippen LogP contribution in [-0.2, 0) is 9.53 Å². The van der Waals surface area contributed by atoms with Crippen LogP contribution < -0.4 is 0 Å². The Morgan fingerprint density at radius 2 is 2.28 bits per heavy atom. The lowest BCUT2D eigenvalue weighted by atomic mass is 9.96. The normalized spacial score (nSPS) is 17.3. The number of hydrogen-bond donors (Lipinski definition) is 1. The number of carboxylic acid groups (broad SMARTS) is 1. The van der Waals surface area contributed by atoms with Gasteiger partial charge in [0.1, 0.15) is 17.1 Å². The van der Waals surface area contributed by atoms with Gasteiger partial charge < -0.3 is 14.7 Å². The van der Waals surface area contributed by atoms with Crippen LogP contribution in [0.2, 0.25) is 0 Å². The summed E-state index contributed by atoms with van der Waals surface area (Å²) >= 11 is 1.35. The average Bonchev–Trinajstić information content (AvgIpc) is 2.68. The van der Waals surface area contributed by atoms with Crippen molar-refractivity contribution in [2.24, 2.45) is 0 Å². The van der Waals surface area contributed by atoms with Crippen molar-refractivity contribution in [3.05, 3.63) is 16.1 Å². The molecule has 0 bridgehead atoms. The van der Waals surface area contributed by atoms with E-state index in [0.29, 0.717) is 18.0 Å². The van der Waals surface area contributed by atoms with Gasteiger partial charge in [0.05, 0.1) is 24.3 Å². The molecular formula is C11H14N2O4S. The lowest BCUT2D eigenvalue weighted by Gasteiger charge is -2.46. The molecule has 1 fully saturated rings. The highest BCUT2D eigenvalue weighted by Gasteiger charge is 2.43. The van der Waals surface area contributed by atoms with Gasteiger partial charge in [0.2, 0.25) is 0 Å². The van der Waals surface area contributed by atoms with E-state index in [2.05, 4.69) is 4.98 Å². The molecule has 0 aromatic carbocycles. The maximum Gasteiger partial charge on any atom is 0.329 e. The molecule has 1 N–H and O–H groups in total. The van der Waals surface area contributed by atoms with E-state index in [1.807, 2.05) is 6.92 Å². The zero-order chi connectivity index (χ0) is 13.3. The maximum absolute atomic E-state index is 12.0. The number of carbonyl (C=O) groups excluding carboxylic acids is 1. The molecule has 1 aliphatic rings. The molecule has 6 nitrogen and oxygen atoms in total. The quantitative estimate of drug-likeness (QED) is 0.874. The third kappa shape index (κ3) is 2.68. The van der Waals surface area contributed by atoms with Crippen molar-refractivity contribution in [3.8, 4) is 0 Å². The van der Waals surface area contributed by atoms with Gasteiger partial charge in [0.25, 0.3) is 5.91 Å². The number of rotatable bonds is 4. The molecule has 7 heteroatoms. The van der Waals surface area contributed by atoms with Crippen molar-refractivity contribution in [2.75, 3.05) is 19.7 Å². The van der Waals surface area contributed by atoms with E-state index in [9.17, 15) is 9.59 Å². The van der Waals surface area contributed by atoms with E-state index in [1.165, 1.54) is 11.3 Å². The second kappa shape index (κ2) is 4.66. The van der Waals surface area contributed by atoms with Gasteiger partial charge >= 0.3 is 5.97 Å². The minimum atomic E-state index is -1.00. The molecular weight excluding hydrogens is 256 g/mol. The highest BCUT2D eigenvalue weighted by atomic mass is 32.1. The Morgan fingerprint density at radius 3 is 2.78 bits per heavy atom. The first-order chi connectivity index (χ1) is 8.39. The van der Waals surface area contributed by atoms with Crippen molar-refractivity contribution >= 4 is 23.2 Å². The minimum Gasteiger partial charge on any atom is -0.480 e. The number of ether oxygens (including phenoxy) is 1. The summed E-state index contributed by atoms with van der Waals surface area (Å²) in [6.45, 7) is 4.14. The summed E-state index contributed by atoms with van der Waals surface area (Å²) in [6.07, 6.45) is 1.57. The topological polar surface area (TPSA) is 79.7 Å². The molecule has 1 aliphatic heterocycles. The van der Waals surface area contributed by atoms with Crippen LogP contribution in [0.1, 0.15) is 21.6 Å². The second-order valence-corrected chi connectivity index (χ2v) is 5.77. The van der Waals surface area contributed by atoms with Gasteiger partial charge in [-0.3, -0.25) is 4.79 Å². The Balaban J connectivity index is 1.88. The predicted octanol–water partition coefficient (Wildman–Crippen LogP) is 0.767. The summed E-state index contributed by atoms with van der Waals surface area (Å²) in [5.74, 6) is -1.07. The number of aryl methyl sites for hydroxylation is 1. The molecule has 0 spiro atoms. The number of likely N-dealkylation sites (tertiary alicyclic amines) is 1. The molecule has 0 aliphatic carbocycles. The van der Waals surface area contributed by atoms with E-state index in [4.69, 9.17) is 9.84 Å². The molecule has 0 unspecified atom stereocenters. The molecule has 18 heavy (non-hydrogen) atoms. The minimum absolute atomic E-state index is 0.0722. The van der Waals surface area contributed by atoms with E-state index < -0.39 is 11.6 Å². The fourth-order valence-corrected chi connectivity index (χ4v) is 2.59. The zero-order valence-corrected chi connectivity index (χ0v) is 11.0. The van der Waals surface area contributed by atoms with Crippen LogP contribution in [0.15, 0.2) is 6.20 Å². The largest absolute Gasteiger partial charge is 0.480 e. The lowest BCUT2D eigenvalue weighted by molar-refractivity contribution is -0.159. The molecule has 2 rings (SSSR count). The summed E-state index contributed by atoms with van der Waals surface area (Å²) in [5, 5.41) is 9.39. The number of carbonyl (C=O) groups is 2. The average molecular weight is 270 g/mol. The van der Waals surface area contributed by atoms with Crippen molar-refractivity contribution in [3.63, 3.8) is 0 Å². The molecule has 1 saturated heterocycles. The molecule has 0 atom stereocenters. The van der Waals surface area contributed by atoms with E-state index in [-0.39, 0.29) is 12.5 Å². The van der Waals surface area contributed by atoms with Gasteiger partial charge in [-0.25, -0.2) is 9.78 Å². The van der Waals surface area contributed by atoms with Crippen LogP contribution in [0, 0.1) is 6.92 Å². The third-order valence-corrected chi connectivity index (χ3v) is 3.61. The van der Waals surface area contributed by atoms with E-state index in [0.717, 1.165) is 5.01 Å². The number of nitrogens with zero attached hydrogens (tertiary/aromatic N) is 2. The number of hydrogen-bond acceptors (Lipinski definition) is 5. The Hall–Kier alpha value is -1.47. The monoisotopic (exact) mass is 270 g/mol. The Kier molecular flexibility index (Phi) is 3.36. The zero-order valence-electron chi connectivity index (χ0n) is 10.2. The van der Waals surface area contributed by atoms with Crippen molar-refractivity contribution in [2.45, 2.75) is 19.4 Å². The molecule has 0 radical (unpaired) electrons. The Morgan fingerprint density at radius 1 is 1.61 bits per heavy atom. The second-order valence-electron chi connectivity index (χ2n) is 4.54. The fourth-order valence-electron chi connectivity index (χ4n) is 1.85. The summed E-state index contributed by atoms with van der Waals surface area (Å²) < 4.78 is 5.24. The van der Waals surface area contributed by atoms with Gasteiger partial charge in [0, 0.05) is 0 Å². The lowest BCUT2D eigenvalue weighted by Crippen LogP contribution is -2.63. The number of carboxylic acids is 1. The first-order valence-electron chi connectivity index (χ1n) is 5.47. The molecule has 0 saturated carbocycles. The number of aromatic nitrogens is 1. The van der Waals surface area contributed by atoms with Crippen molar-refractivity contribution in [1.29, 1.82) is 0 Å². The summed E-state index contributed by atoms with van der Waals surface area (Å²) in [7, 11) is 0. The molecule has 1 aromatic rings. The standard InChI is InChI=1S/C11H14N2O4S/c1-7-12-3-8(18-7)10(16)13-5-11(2,6-13)17-4-9(14)15/h3H,4-6H2,1-2H3,(H,14,15). The molecule has 1 amide bonds. The van der Waals surface area contributed by atoms with Gasteiger partial charge in [-0.1, -0.05) is 0 Å². The van der Waals surface area contributed by atoms with Crippen LogP contribution in [0.25, 0.3) is 0 Å². The van der Waals surface area contributed by atoms with E-state index >= 15 is 0 Å². The van der Waals surface area contributed by atoms with Crippen LogP contribution in [0.5, 0.6) is 0 Å². The Labute approximate surface area is 108 Å². The maximum atomic E-state index is 12.0. The summed E-state index contributed by atoms with van der Waals surface area (Å²) in [6, 6.07) is 0. The number of thiazole rings is 1. The van der Waals surface area contributed by atoms with Gasteiger partial charge in [-0.05, 0) is 13.8 Å². The van der Waals surface area contributed by atoms with Gasteiger partial charge in [-0.15, -0.1) is 11.3 Å². The molecule has 1 aromatic heterocycles. The highest BCUT2D eigenvalue weighted by molar-refractivity contribution is 7.13. The van der Waals surface area contributed by atoms with Crippen LogP contribution in [-0.4, -0.2) is 52.2 Å². The summed E-state index contributed by atoms with van der Waals surface area (Å²) in [5.41, 5.74) is -0.548. The van der Waals surface area contributed by atoms with Crippen LogP contribution in [0.3, 0.4) is 0 Å². The SMILES string of the molecule is Cc1ncc(C(=O)N2CC(C)(OCC(=O)O)C2)s1. The highest BCUT2D eigenvalue weighted by Crippen LogP contribution is 2.27. The molecule has 98 valence electrons. The van der Waals surface area contributed by atoms with Crippen molar-refractivity contribution < 1.29 is 19.4 Å². The smallest absolute Gasteiger partial charge is 0.329 e. The van der Waals surface area contributed by atoms with E-state index in [1.54, 1.807) is 18.0 Å². The number of aliphatic carboxylic acids is 1. The summed E-state index contributed by atoms with van der Waals surface area (Å²) in [4.78, 5) is 28.7. The fraction of sp³-hybridized carbons (Fsp3) is 0.545. The molecule has 2 heterocycles. The first kappa shape index (κ1) is 13.0. The first-order valence-corrected chi connectivity index (χ1v) is 6.29. The van der Waals surface area contributed by atoms with Crippen LogP contribution >= 0.6 is 11.3 Å². The van der Waals surface area contributed by atoms with Gasteiger partial charge in [0.15, 0.2) is 0 Å². The van der Waals surface area contributed by atoms with Crippen molar-refractivity contribution in [1.82, 2.24) is 9.88 Å². The number of amides is 1. The van der Waals surface area contributed by atoms with Gasteiger partial charge in [-0.2, -0.15) is 0 Å².